The first-order valence-corrected chi connectivity index (χ1v) is 7.33. The van der Waals surface area contributed by atoms with Crippen LogP contribution in [0, 0.1) is 10.1 Å². The van der Waals surface area contributed by atoms with Gasteiger partial charge in [0.25, 0.3) is 11.6 Å². The Kier molecular flexibility index (Phi) is 5.35. The van der Waals surface area contributed by atoms with Crippen molar-refractivity contribution in [3.8, 4) is 0 Å². The molecule has 0 radical (unpaired) electrons. The Morgan fingerprint density at radius 3 is 2.62 bits per heavy atom. The zero-order valence-electron chi connectivity index (χ0n) is 13.1. The number of alkyl halides is 3. The molecule has 0 unspecified atom stereocenters. The fraction of sp³-hybridized carbons (Fsp3) is 0.308. The Bertz CT molecular complexity index is 921. The van der Waals surface area contributed by atoms with Gasteiger partial charge in [0.05, 0.1) is 11.5 Å². The molecule has 1 aromatic carbocycles. The number of amides is 1. The van der Waals surface area contributed by atoms with Crippen LogP contribution in [0.4, 0.5) is 18.9 Å². The number of nitrogens with zero attached hydrogens (tertiary/aromatic N) is 4. The van der Waals surface area contributed by atoms with Gasteiger partial charge >= 0.3 is 11.9 Å². The molecular formula is C13H11ClF3N5O4. The maximum Gasteiger partial charge on any atom is 0.451 e. The van der Waals surface area contributed by atoms with E-state index in [4.69, 9.17) is 11.6 Å². The van der Waals surface area contributed by atoms with Crippen LogP contribution in [-0.4, -0.2) is 31.7 Å². The third kappa shape index (κ3) is 4.02. The van der Waals surface area contributed by atoms with Crippen molar-refractivity contribution >= 4 is 23.2 Å². The van der Waals surface area contributed by atoms with E-state index in [0.717, 1.165) is 13.1 Å². The molecule has 0 aliphatic rings. The molecule has 26 heavy (non-hydrogen) atoms. The van der Waals surface area contributed by atoms with Crippen molar-refractivity contribution in [2.45, 2.75) is 12.7 Å². The van der Waals surface area contributed by atoms with E-state index in [0.29, 0.717) is 9.25 Å². The monoisotopic (exact) mass is 393 g/mol. The zero-order chi connectivity index (χ0) is 19.6. The molecule has 9 nitrogen and oxygen atoms in total. The molecule has 1 aromatic heterocycles. The van der Waals surface area contributed by atoms with Gasteiger partial charge in [0.15, 0.2) is 0 Å². The Morgan fingerprint density at radius 2 is 2.08 bits per heavy atom. The third-order valence-corrected chi connectivity index (χ3v) is 3.63. The number of benzene rings is 1. The maximum absolute atomic E-state index is 12.7. The summed E-state index contributed by atoms with van der Waals surface area (Å²) in [5, 5.41) is 16.2. The lowest BCUT2D eigenvalue weighted by atomic mass is 10.2. The summed E-state index contributed by atoms with van der Waals surface area (Å²) in [6.07, 6.45) is -4.79. The molecule has 2 rings (SSSR count). The minimum atomic E-state index is -4.79. The predicted molar refractivity (Wildman–Crippen MR) is 82.9 cm³/mol. The van der Waals surface area contributed by atoms with Crippen LogP contribution in [0.2, 0.25) is 5.02 Å². The topological polar surface area (TPSA) is 112 Å². The number of hydrogen-bond acceptors (Lipinski definition) is 5. The Morgan fingerprint density at radius 1 is 1.42 bits per heavy atom. The molecule has 13 heteroatoms. The molecule has 1 amide bonds. The predicted octanol–water partition coefficient (Wildman–Crippen LogP) is 1.59. The number of nitro groups is 1. The molecule has 140 valence electrons. The third-order valence-electron chi connectivity index (χ3n) is 3.31. The van der Waals surface area contributed by atoms with Gasteiger partial charge in [-0.05, 0) is 12.1 Å². The van der Waals surface area contributed by atoms with Crippen LogP contribution < -0.4 is 11.0 Å². The smallest absolute Gasteiger partial charge is 0.350 e. The van der Waals surface area contributed by atoms with E-state index in [2.05, 4.69) is 10.4 Å². The second-order valence-corrected chi connectivity index (χ2v) is 5.47. The molecule has 0 saturated carbocycles. The quantitative estimate of drug-likeness (QED) is 0.612. The van der Waals surface area contributed by atoms with Gasteiger partial charge in [-0.3, -0.25) is 19.5 Å². The summed E-state index contributed by atoms with van der Waals surface area (Å²) in [5.41, 5.74) is -1.52. The van der Waals surface area contributed by atoms with Gasteiger partial charge in [0.1, 0.15) is 5.02 Å². The van der Waals surface area contributed by atoms with E-state index >= 15 is 0 Å². The van der Waals surface area contributed by atoms with Crippen LogP contribution in [0.1, 0.15) is 16.2 Å². The first-order valence-electron chi connectivity index (χ1n) is 6.95. The van der Waals surface area contributed by atoms with Crippen molar-refractivity contribution in [3.05, 3.63) is 55.2 Å². The summed E-state index contributed by atoms with van der Waals surface area (Å²) in [6.45, 7) is -0.534. The summed E-state index contributed by atoms with van der Waals surface area (Å²) in [6, 6.07) is 3.39. The number of halogens is 4. The second kappa shape index (κ2) is 7.15. The largest absolute Gasteiger partial charge is 0.451 e. The number of hydrogen-bond donors (Lipinski definition) is 1. The van der Waals surface area contributed by atoms with E-state index in [1.807, 2.05) is 0 Å². The molecule has 0 aliphatic carbocycles. The molecule has 1 N–H and O–H groups in total. The van der Waals surface area contributed by atoms with Gasteiger partial charge in [-0.1, -0.05) is 11.6 Å². The van der Waals surface area contributed by atoms with Crippen LogP contribution in [-0.2, 0) is 19.8 Å². The van der Waals surface area contributed by atoms with Crippen molar-refractivity contribution in [1.29, 1.82) is 0 Å². The molecule has 0 spiro atoms. The lowest BCUT2D eigenvalue weighted by Crippen LogP contribution is -2.31. The summed E-state index contributed by atoms with van der Waals surface area (Å²) in [5.74, 6) is -2.08. The van der Waals surface area contributed by atoms with E-state index < -0.39 is 34.2 Å². The van der Waals surface area contributed by atoms with Gasteiger partial charge in [0.2, 0.25) is 5.82 Å². The highest BCUT2D eigenvalue weighted by molar-refractivity contribution is 6.32. The number of carbonyl (C=O) groups is 1. The van der Waals surface area contributed by atoms with Crippen LogP contribution in [0.25, 0.3) is 0 Å². The molecule has 0 bridgehead atoms. The molecular weight excluding hydrogens is 383 g/mol. The van der Waals surface area contributed by atoms with Crippen molar-refractivity contribution in [1.82, 2.24) is 19.7 Å². The van der Waals surface area contributed by atoms with Gasteiger partial charge < -0.3 is 5.32 Å². The average Bonchev–Trinajstić information content (AvgIpc) is 2.83. The number of nitrogens with one attached hydrogen (secondary N) is 1. The average molecular weight is 394 g/mol. The molecule has 0 fully saturated rings. The molecule has 1 heterocycles. The van der Waals surface area contributed by atoms with Crippen LogP contribution >= 0.6 is 11.6 Å². The van der Waals surface area contributed by atoms with Gasteiger partial charge in [-0.2, -0.15) is 13.2 Å². The zero-order valence-corrected chi connectivity index (χ0v) is 13.8. The van der Waals surface area contributed by atoms with E-state index in [1.165, 1.54) is 12.1 Å². The van der Waals surface area contributed by atoms with Gasteiger partial charge in [-0.15, -0.1) is 5.10 Å². The van der Waals surface area contributed by atoms with Crippen LogP contribution in [0.3, 0.4) is 0 Å². The van der Waals surface area contributed by atoms with Crippen LogP contribution in [0.5, 0.6) is 0 Å². The second-order valence-electron chi connectivity index (χ2n) is 5.07. The highest BCUT2D eigenvalue weighted by Crippen LogP contribution is 2.26. The van der Waals surface area contributed by atoms with Gasteiger partial charge in [0, 0.05) is 25.2 Å². The summed E-state index contributed by atoms with van der Waals surface area (Å²) < 4.78 is 38.9. The highest BCUT2D eigenvalue weighted by atomic mass is 35.5. The van der Waals surface area contributed by atoms with Crippen molar-refractivity contribution < 1.29 is 22.9 Å². The first-order chi connectivity index (χ1) is 12.0. The Labute approximate surface area is 148 Å². The Hall–Kier alpha value is -2.89. The molecule has 0 saturated heterocycles. The number of rotatable bonds is 5. The molecule has 0 aliphatic heterocycles. The summed E-state index contributed by atoms with van der Waals surface area (Å²) >= 11 is 5.64. The fourth-order valence-corrected chi connectivity index (χ4v) is 2.24. The molecule has 0 atom stereocenters. The van der Waals surface area contributed by atoms with Crippen LogP contribution in [0.15, 0.2) is 23.0 Å². The van der Waals surface area contributed by atoms with E-state index in [1.54, 1.807) is 0 Å². The first kappa shape index (κ1) is 19.4. The highest BCUT2D eigenvalue weighted by Gasteiger charge is 2.37. The van der Waals surface area contributed by atoms with Crippen molar-refractivity contribution in [3.63, 3.8) is 0 Å². The minimum Gasteiger partial charge on any atom is -0.350 e. The number of carbonyl (C=O) groups excluding carboxylic acids is 1. The lowest BCUT2D eigenvalue weighted by Gasteiger charge is -2.05. The normalized spacial score (nSPS) is 11.4. The SMILES string of the molecule is Cn1c(C(F)(F)F)nn(CCNC(=O)c2ccc(Cl)c([N+](=O)[O-])c2)c1=O. The number of nitro benzene ring substituents is 1. The fourth-order valence-electron chi connectivity index (χ4n) is 2.05. The van der Waals surface area contributed by atoms with Gasteiger partial charge in [-0.25, -0.2) is 9.48 Å². The maximum atomic E-state index is 12.7. The number of aromatic nitrogens is 3. The standard InChI is InChI=1S/C13H11ClF3N5O4/c1-20-11(13(15,16)17)19-21(12(20)24)5-4-18-10(23)7-2-3-8(14)9(6-7)22(25)26/h2-3,6H,4-5H2,1H3,(H,18,23). The minimum absolute atomic E-state index is 0.0644. The molecule has 2 aromatic rings. The summed E-state index contributed by atoms with van der Waals surface area (Å²) in [7, 11) is 0.931. The van der Waals surface area contributed by atoms with E-state index in [9.17, 15) is 32.9 Å². The lowest BCUT2D eigenvalue weighted by molar-refractivity contribution is -0.384. The summed E-state index contributed by atoms with van der Waals surface area (Å²) in [4.78, 5) is 33.7. The van der Waals surface area contributed by atoms with Crippen molar-refractivity contribution in [2.75, 3.05) is 6.54 Å². The Balaban J connectivity index is 2.07. The van der Waals surface area contributed by atoms with Crippen molar-refractivity contribution in [2.24, 2.45) is 7.05 Å². The van der Waals surface area contributed by atoms with E-state index in [-0.39, 0.29) is 23.7 Å².